The largest absolute Gasteiger partial charge is 0.349 e. The maximum absolute atomic E-state index is 14.0. The maximum atomic E-state index is 14.0. The van der Waals surface area contributed by atoms with Gasteiger partial charge in [0, 0.05) is 42.9 Å². The highest BCUT2D eigenvalue weighted by Crippen LogP contribution is 2.38. The van der Waals surface area contributed by atoms with Gasteiger partial charge in [0.25, 0.3) is 0 Å². The van der Waals surface area contributed by atoms with E-state index in [0.29, 0.717) is 11.4 Å². The number of carbonyl (C=O) groups excluding carboxylic acids is 1. The number of fused-ring (bicyclic) bond motifs is 1. The molecule has 1 saturated heterocycles. The summed E-state index contributed by atoms with van der Waals surface area (Å²) in [6.07, 6.45) is 4.63. The van der Waals surface area contributed by atoms with Crippen LogP contribution in [0.2, 0.25) is 0 Å². The number of halogens is 2. The number of rotatable bonds is 3. The first-order valence-electron chi connectivity index (χ1n) is 8.54. The molecule has 140 valence electrons. The molecule has 1 fully saturated rings. The van der Waals surface area contributed by atoms with Crippen LogP contribution in [0, 0.1) is 11.7 Å². The molecule has 2 aromatic rings. The maximum Gasteiger partial charge on any atom is 0.225 e. The summed E-state index contributed by atoms with van der Waals surface area (Å²) in [6.45, 7) is 1.43. The number of thioether (sulfide) groups is 1. The number of carbonyl (C=O) groups is 1. The number of hydrogen-bond donors (Lipinski definition) is 2. The molecule has 2 aliphatic rings. The van der Waals surface area contributed by atoms with Crippen molar-refractivity contribution in [2.45, 2.75) is 23.3 Å². The third kappa shape index (κ3) is 3.61. The molecule has 0 bridgehead atoms. The molecule has 5 nitrogen and oxygen atoms in total. The average molecular weight is 397 g/mol. The fraction of sp³-hybridized carbons (Fsp3) is 0.444. The van der Waals surface area contributed by atoms with Crippen molar-refractivity contribution in [1.82, 2.24) is 20.4 Å². The first-order valence-corrected chi connectivity index (χ1v) is 9.53. The Bertz CT molecular complexity index is 799. The highest BCUT2D eigenvalue weighted by Gasteiger charge is 2.36. The fourth-order valence-corrected chi connectivity index (χ4v) is 4.89. The van der Waals surface area contributed by atoms with E-state index < -0.39 is 0 Å². The van der Waals surface area contributed by atoms with Crippen molar-refractivity contribution in [3.63, 3.8) is 0 Å². The lowest BCUT2D eigenvalue weighted by atomic mass is 9.89. The average Bonchev–Trinajstić information content (AvgIpc) is 3.24. The van der Waals surface area contributed by atoms with E-state index in [2.05, 4.69) is 15.7 Å². The molecule has 1 amide bonds. The monoisotopic (exact) mass is 396 g/mol. The number of nitrogens with one attached hydrogen (secondary N) is 2. The molecule has 26 heavy (non-hydrogen) atoms. The molecule has 0 aliphatic carbocycles. The third-order valence-corrected chi connectivity index (χ3v) is 6.21. The summed E-state index contributed by atoms with van der Waals surface area (Å²) in [5, 5.41) is 10.7. The van der Waals surface area contributed by atoms with Crippen LogP contribution >= 0.6 is 24.2 Å². The lowest BCUT2D eigenvalue weighted by Gasteiger charge is -2.28. The van der Waals surface area contributed by atoms with Gasteiger partial charge in [-0.05, 0) is 23.6 Å². The van der Waals surface area contributed by atoms with E-state index in [-0.39, 0.29) is 42.0 Å². The van der Waals surface area contributed by atoms with Crippen molar-refractivity contribution in [2.24, 2.45) is 13.0 Å². The second-order valence-electron chi connectivity index (χ2n) is 6.68. The second kappa shape index (κ2) is 7.98. The van der Waals surface area contributed by atoms with E-state index in [9.17, 15) is 9.18 Å². The standard InChI is InChI=1S/C18H21FN4OS.ClH/c1-23-10-11(7-21-23)13-8-20-9-14(13)18(24)22-16-5-6-25-17-12(16)3-2-4-15(17)19;/h2-4,7,10,13-14,16,20H,5-6,8-9H2,1H3,(H,22,24);1H/t13-,14+,16?;/m1./s1. The lowest BCUT2D eigenvalue weighted by Crippen LogP contribution is -2.38. The molecule has 2 N–H and O–H groups in total. The molecule has 8 heteroatoms. The van der Waals surface area contributed by atoms with Crippen molar-refractivity contribution in [1.29, 1.82) is 0 Å². The van der Waals surface area contributed by atoms with Crippen LogP contribution in [0.5, 0.6) is 0 Å². The van der Waals surface area contributed by atoms with E-state index in [4.69, 9.17) is 0 Å². The predicted molar refractivity (Wildman–Crippen MR) is 102 cm³/mol. The first-order chi connectivity index (χ1) is 12.1. The van der Waals surface area contributed by atoms with Crippen molar-refractivity contribution in [3.8, 4) is 0 Å². The summed E-state index contributed by atoms with van der Waals surface area (Å²) >= 11 is 1.53. The molecule has 0 spiro atoms. The Morgan fingerprint density at radius 3 is 3.04 bits per heavy atom. The number of hydrogen-bond acceptors (Lipinski definition) is 4. The molecular weight excluding hydrogens is 375 g/mol. The van der Waals surface area contributed by atoms with E-state index >= 15 is 0 Å². The van der Waals surface area contributed by atoms with Crippen LogP contribution in [0.1, 0.15) is 29.5 Å². The van der Waals surface area contributed by atoms with Crippen LogP contribution in [0.3, 0.4) is 0 Å². The van der Waals surface area contributed by atoms with Crippen LogP contribution in [0.15, 0.2) is 35.5 Å². The number of aryl methyl sites for hydroxylation is 1. The van der Waals surface area contributed by atoms with Gasteiger partial charge in [0.1, 0.15) is 5.82 Å². The van der Waals surface area contributed by atoms with Gasteiger partial charge >= 0.3 is 0 Å². The third-order valence-electron chi connectivity index (χ3n) is 5.05. The van der Waals surface area contributed by atoms with E-state index in [1.54, 1.807) is 10.7 Å². The molecule has 0 saturated carbocycles. The van der Waals surface area contributed by atoms with Gasteiger partial charge in [-0.2, -0.15) is 5.10 Å². The highest BCUT2D eigenvalue weighted by molar-refractivity contribution is 7.99. The van der Waals surface area contributed by atoms with Gasteiger partial charge in [-0.3, -0.25) is 9.48 Å². The number of aromatic nitrogens is 2. The van der Waals surface area contributed by atoms with Gasteiger partial charge in [0.15, 0.2) is 0 Å². The van der Waals surface area contributed by atoms with Crippen LogP contribution in [0.4, 0.5) is 4.39 Å². The molecule has 4 rings (SSSR count). The smallest absolute Gasteiger partial charge is 0.225 e. The lowest BCUT2D eigenvalue weighted by molar-refractivity contribution is -0.125. The Morgan fingerprint density at radius 1 is 1.42 bits per heavy atom. The Hall–Kier alpha value is -1.57. The Kier molecular flexibility index (Phi) is 5.89. The van der Waals surface area contributed by atoms with Gasteiger partial charge in [-0.1, -0.05) is 12.1 Å². The van der Waals surface area contributed by atoms with Gasteiger partial charge < -0.3 is 10.6 Å². The van der Waals surface area contributed by atoms with Crippen molar-refractivity contribution in [2.75, 3.05) is 18.8 Å². The van der Waals surface area contributed by atoms with Gasteiger partial charge in [0.05, 0.1) is 18.2 Å². The zero-order valence-electron chi connectivity index (χ0n) is 14.4. The Morgan fingerprint density at radius 2 is 2.27 bits per heavy atom. The zero-order chi connectivity index (χ0) is 17.4. The molecule has 1 unspecified atom stereocenters. The Labute approximate surface area is 162 Å². The highest BCUT2D eigenvalue weighted by atomic mass is 35.5. The summed E-state index contributed by atoms with van der Waals surface area (Å²) in [5.74, 6) is 0.644. The van der Waals surface area contributed by atoms with Crippen LogP contribution in [-0.2, 0) is 11.8 Å². The minimum atomic E-state index is -0.197. The van der Waals surface area contributed by atoms with E-state index in [1.165, 1.54) is 17.8 Å². The summed E-state index contributed by atoms with van der Waals surface area (Å²) in [7, 11) is 1.88. The first kappa shape index (κ1) is 19.2. The predicted octanol–water partition coefficient (Wildman–Crippen LogP) is 2.64. The van der Waals surface area contributed by atoms with Crippen molar-refractivity contribution < 1.29 is 9.18 Å². The molecule has 1 aromatic heterocycles. The summed E-state index contributed by atoms with van der Waals surface area (Å²) in [4.78, 5) is 13.6. The van der Waals surface area contributed by atoms with Gasteiger partial charge in [0.2, 0.25) is 5.91 Å². The van der Waals surface area contributed by atoms with E-state index in [1.807, 2.05) is 25.5 Å². The number of amides is 1. The fourth-order valence-electron chi connectivity index (χ4n) is 3.75. The summed E-state index contributed by atoms with van der Waals surface area (Å²) < 4.78 is 15.8. The zero-order valence-corrected chi connectivity index (χ0v) is 16.1. The normalized spacial score (nSPS) is 24.6. The van der Waals surface area contributed by atoms with Crippen LogP contribution in [0.25, 0.3) is 0 Å². The quantitative estimate of drug-likeness (QED) is 0.837. The molecule has 0 radical (unpaired) electrons. The van der Waals surface area contributed by atoms with E-state index in [0.717, 1.165) is 29.8 Å². The minimum Gasteiger partial charge on any atom is -0.349 e. The molecule has 3 atom stereocenters. The van der Waals surface area contributed by atoms with Gasteiger partial charge in [-0.25, -0.2) is 4.39 Å². The minimum absolute atomic E-state index is 0. The number of benzene rings is 1. The summed E-state index contributed by atoms with van der Waals surface area (Å²) in [6, 6.07) is 5.00. The van der Waals surface area contributed by atoms with Crippen LogP contribution in [-0.4, -0.2) is 34.5 Å². The SMILES string of the molecule is Cl.Cn1cc([C@H]2CNC[C@@H]2C(=O)NC2CCSc3c(F)cccc32)cn1. The van der Waals surface area contributed by atoms with Crippen LogP contribution < -0.4 is 10.6 Å². The van der Waals surface area contributed by atoms with Gasteiger partial charge in [-0.15, -0.1) is 24.2 Å². The van der Waals surface area contributed by atoms with Crippen molar-refractivity contribution in [3.05, 3.63) is 47.5 Å². The molecular formula is C18H22ClFN4OS. The molecule has 2 aliphatic heterocycles. The van der Waals surface area contributed by atoms with Crippen molar-refractivity contribution >= 4 is 30.1 Å². The Balaban J connectivity index is 0.00000196. The molecule has 3 heterocycles. The molecule has 1 aromatic carbocycles. The summed E-state index contributed by atoms with van der Waals surface area (Å²) in [5.41, 5.74) is 1.98. The topological polar surface area (TPSA) is 59.0 Å². The second-order valence-corrected chi connectivity index (χ2v) is 7.78. The number of nitrogens with zero attached hydrogens (tertiary/aromatic N) is 2.